The predicted molar refractivity (Wildman–Crippen MR) is 113 cm³/mol. The van der Waals surface area contributed by atoms with Gasteiger partial charge in [-0.15, -0.1) is 35.3 Å². The lowest BCUT2D eigenvalue weighted by Gasteiger charge is -2.11. The molecule has 0 atom stereocenters. The Hall–Kier alpha value is -0.740. The molecule has 0 aliphatic heterocycles. The van der Waals surface area contributed by atoms with Crippen LogP contribution in [0.1, 0.15) is 15.4 Å². The lowest BCUT2D eigenvalue weighted by Crippen LogP contribution is -2.39. The maximum Gasteiger partial charge on any atom is 0.191 e. The van der Waals surface area contributed by atoms with Crippen LogP contribution in [0.2, 0.25) is 0 Å². The standard InChI is InChI=1S/C16H20BrFN4S.HI/c1-11-10-22-15(23-11)6-8-21-16(19-2)20-7-5-12-3-4-14(18)13(17)9-12;/h3-4,9-10H,5-8H2,1-2H3,(H2,19,20,21);1H. The molecule has 2 rings (SSSR count). The third-order valence-corrected chi connectivity index (χ3v) is 4.79. The number of guanidine groups is 1. The number of nitrogens with one attached hydrogen (secondary N) is 2. The molecule has 0 aliphatic rings. The van der Waals surface area contributed by atoms with Crippen LogP contribution in [0.15, 0.2) is 33.9 Å². The van der Waals surface area contributed by atoms with E-state index in [1.54, 1.807) is 30.5 Å². The van der Waals surface area contributed by atoms with E-state index >= 15 is 0 Å². The number of halogens is 3. The minimum atomic E-state index is -0.239. The van der Waals surface area contributed by atoms with Crippen molar-refractivity contribution in [2.24, 2.45) is 4.99 Å². The second kappa shape index (κ2) is 11.0. The van der Waals surface area contributed by atoms with Gasteiger partial charge in [-0.1, -0.05) is 6.07 Å². The van der Waals surface area contributed by atoms with Gasteiger partial charge in [0.05, 0.1) is 9.48 Å². The van der Waals surface area contributed by atoms with Gasteiger partial charge in [-0.25, -0.2) is 9.37 Å². The minimum Gasteiger partial charge on any atom is -0.356 e. The SMILES string of the molecule is CN=C(NCCc1ccc(F)c(Br)c1)NCCc1ncc(C)s1.I. The van der Waals surface area contributed by atoms with Gasteiger partial charge in [0.2, 0.25) is 0 Å². The Morgan fingerprint density at radius 2 is 2.00 bits per heavy atom. The maximum absolute atomic E-state index is 13.2. The highest BCUT2D eigenvalue weighted by Gasteiger charge is 2.03. The molecule has 0 aliphatic carbocycles. The van der Waals surface area contributed by atoms with Gasteiger partial charge in [0, 0.05) is 37.6 Å². The van der Waals surface area contributed by atoms with Crippen LogP contribution in [0.25, 0.3) is 0 Å². The number of aryl methyl sites for hydroxylation is 1. The second-order valence-corrected chi connectivity index (χ2v) is 7.21. The van der Waals surface area contributed by atoms with Crippen molar-refractivity contribution in [2.45, 2.75) is 19.8 Å². The second-order valence-electron chi connectivity index (χ2n) is 5.04. The van der Waals surface area contributed by atoms with E-state index in [-0.39, 0.29) is 29.8 Å². The summed E-state index contributed by atoms with van der Waals surface area (Å²) in [5.41, 5.74) is 1.07. The number of nitrogens with zero attached hydrogens (tertiary/aromatic N) is 2. The quantitative estimate of drug-likeness (QED) is 0.341. The van der Waals surface area contributed by atoms with Crippen molar-refractivity contribution in [1.82, 2.24) is 15.6 Å². The molecule has 2 N–H and O–H groups in total. The monoisotopic (exact) mass is 526 g/mol. The molecule has 132 valence electrons. The van der Waals surface area contributed by atoms with Crippen LogP contribution in [0.3, 0.4) is 0 Å². The van der Waals surface area contributed by atoms with Crippen LogP contribution in [-0.2, 0) is 12.8 Å². The van der Waals surface area contributed by atoms with Crippen molar-refractivity contribution in [3.05, 3.63) is 50.1 Å². The number of hydrogen-bond acceptors (Lipinski definition) is 3. The Balaban J connectivity index is 0.00000288. The lowest BCUT2D eigenvalue weighted by atomic mass is 10.1. The van der Waals surface area contributed by atoms with Crippen molar-refractivity contribution in [1.29, 1.82) is 0 Å². The minimum absolute atomic E-state index is 0. The number of aliphatic imine (C=N–C) groups is 1. The largest absolute Gasteiger partial charge is 0.356 e. The van der Waals surface area contributed by atoms with Crippen molar-refractivity contribution in [3.8, 4) is 0 Å². The fourth-order valence-electron chi connectivity index (χ4n) is 2.05. The van der Waals surface area contributed by atoms with Crippen LogP contribution in [0.5, 0.6) is 0 Å². The summed E-state index contributed by atoms with van der Waals surface area (Å²) in [5, 5.41) is 7.65. The molecule has 4 nitrogen and oxygen atoms in total. The molecular formula is C16H21BrFIN4S. The molecular weight excluding hydrogens is 506 g/mol. The van der Waals surface area contributed by atoms with Gasteiger partial charge in [0.1, 0.15) is 5.82 Å². The van der Waals surface area contributed by atoms with Gasteiger partial charge in [-0.05, 0) is 47.0 Å². The van der Waals surface area contributed by atoms with Gasteiger partial charge < -0.3 is 10.6 Å². The number of benzene rings is 1. The summed E-state index contributed by atoms with van der Waals surface area (Å²) in [6.45, 7) is 3.58. The first-order valence-corrected chi connectivity index (χ1v) is 8.99. The molecule has 2 aromatic rings. The first-order valence-electron chi connectivity index (χ1n) is 7.38. The van der Waals surface area contributed by atoms with Crippen LogP contribution >= 0.6 is 51.2 Å². The highest BCUT2D eigenvalue weighted by molar-refractivity contribution is 14.0. The molecule has 0 unspecified atom stereocenters. The Bertz CT molecular complexity index is 678. The fraction of sp³-hybridized carbons (Fsp3) is 0.375. The number of rotatable bonds is 6. The van der Waals surface area contributed by atoms with Crippen molar-refractivity contribution >= 4 is 57.2 Å². The smallest absolute Gasteiger partial charge is 0.191 e. The molecule has 1 aromatic heterocycles. The lowest BCUT2D eigenvalue weighted by molar-refractivity contribution is 0.620. The molecule has 0 saturated heterocycles. The van der Waals surface area contributed by atoms with Gasteiger partial charge in [-0.2, -0.15) is 0 Å². The highest BCUT2D eigenvalue weighted by atomic mass is 127. The zero-order chi connectivity index (χ0) is 16.7. The van der Waals surface area contributed by atoms with Crippen LogP contribution in [0.4, 0.5) is 4.39 Å². The number of hydrogen-bond donors (Lipinski definition) is 2. The summed E-state index contributed by atoms with van der Waals surface area (Å²) in [5.74, 6) is 0.524. The molecule has 0 spiro atoms. The first kappa shape index (κ1) is 21.3. The molecule has 1 aromatic carbocycles. The average molecular weight is 527 g/mol. The zero-order valence-electron chi connectivity index (χ0n) is 13.6. The van der Waals surface area contributed by atoms with E-state index in [1.807, 2.05) is 6.20 Å². The van der Waals surface area contributed by atoms with Crippen molar-refractivity contribution in [2.75, 3.05) is 20.1 Å². The molecule has 0 saturated carbocycles. The van der Waals surface area contributed by atoms with E-state index in [0.29, 0.717) is 4.47 Å². The average Bonchev–Trinajstić information content (AvgIpc) is 2.94. The molecule has 8 heteroatoms. The summed E-state index contributed by atoms with van der Waals surface area (Å²) in [6.07, 6.45) is 3.57. The summed E-state index contributed by atoms with van der Waals surface area (Å²) < 4.78 is 13.7. The Morgan fingerprint density at radius 3 is 2.58 bits per heavy atom. The summed E-state index contributed by atoms with van der Waals surface area (Å²) >= 11 is 4.92. The number of aromatic nitrogens is 1. The Labute approximate surface area is 171 Å². The molecule has 24 heavy (non-hydrogen) atoms. The van der Waals surface area contributed by atoms with E-state index in [0.717, 1.165) is 42.5 Å². The summed E-state index contributed by atoms with van der Waals surface area (Å²) in [7, 11) is 1.75. The van der Waals surface area contributed by atoms with Gasteiger partial charge >= 0.3 is 0 Å². The zero-order valence-corrected chi connectivity index (χ0v) is 18.3. The molecule has 0 bridgehead atoms. The molecule has 0 amide bonds. The first-order chi connectivity index (χ1) is 11.1. The van der Waals surface area contributed by atoms with Crippen LogP contribution in [-0.4, -0.2) is 31.1 Å². The maximum atomic E-state index is 13.2. The van der Waals surface area contributed by atoms with Gasteiger partial charge in [-0.3, -0.25) is 4.99 Å². The topological polar surface area (TPSA) is 49.3 Å². The van der Waals surface area contributed by atoms with Crippen LogP contribution in [0, 0.1) is 12.7 Å². The summed E-state index contributed by atoms with van der Waals surface area (Å²) in [6, 6.07) is 5.07. The van der Waals surface area contributed by atoms with Gasteiger partial charge in [0.25, 0.3) is 0 Å². The third-order valence-electron chi connectivity index (χ3n) is 3.21. The summed E-state index contributed by atoms with van der Waals surface area (Å²) in [4.78, 5) is 9.76. The van der Waals surface area contributed by atoms with Crippen molar-refractivity contribution < 1.29 is 4.39 Å². The molecule has 0 fully saturated rings. The van der Waals surface area contributed by atoms with Crippen molar-refractivity contribution in [3.63, 3.8) is 0 Å². The van der Waals surface area contributed by atoms with Gasteiger partial charge in [0.15, 0.2) is 5.96 Å². The van der Waals surface area contributed by atoms with E-state index in [2.05, 4.69) is 43.5 Å². The predicted octanol–water partition coefficient (Wildman–Crippen LogP) is 3.92. The van der Waals surface area contributed by atoms with Crippen LogP contribution < -0.4 is 10.6 Å². The van der Waals surface area contributed by atoms with E-state index in [4.69, 9.17) is 0 Å². The molecule has 0 radical (unpaired) electrons. The normalized spacial score (nSPS) is 11.1. The van der Waals surface area contributed by atoms with E-state index in [1.165, 1.54) is 10.9 Å². The van der Waals surface area contributed by atoms with E-state index in [9.17, 15) is 4.39 Å². The fourth-order valence-corrected chi connectivity index (χ4v) is 3.26. The Morgan fingerprint density at radius 1 is 1.29 bits per heavy atom. The molecule has 1 heterocycles. The Kier molecular flexibility index (Phi) is 9.75. The number of thiazole rings is 1. The van der Waals surface area contributed by atoms with E-state index < -0.39 is 0 Å². The highest BCUT2D eigenvalue weighted by Crippen LogP contribution is 2.16. The third kappa shape index (κ3) is 7.02.